The van der Waals surface area contributed by atoms with Crippen molar-refractivity contribution in [1.82, 2.24) is 10.6 Å². The van der Waals surface area contributed by atoms with Gasteiger partial charge in [-0.05, 0) is 13.3 Å². The van der Waals surface area contributed by atoms with E-state index in [1.54, 1.807) is 0 Å². The summed E-state index contributed by atoms with van der Waals surface area (Å²) in [5.74, 6) is 0. The third-order valence-corrected chi connectivity index (χ3v) is 2.60. The first-order chi connectivity index (χ1) is 7.59. The van der Waals surface area contributed by atoms with Gasteiger partial charge in [-0.3, -0.25) is 0 Å². The number of morpholine rings is 1. The number of alkyl halides is 2. The molecule has 0 bridgehead atoms. The van der Waals surface area contributed by atoms with E-state index in [-0.39, 0.29) is 18.6 Å². The van der Waals surface area contributed by atoms with Crippen molar-refractivity contribution in [2.45, 2.75) is 38.0 Å². The first-order valence-electron chi connectivity index (χ1n) is 5.60. The van der Waals surface area contributed by atoms with Gasteiger partial charge in [0.2, 0.25) is 0 Å². The zero-order valence-electron chi connectivity index (χ0n) is 9.46. The van der Waals surface area contributed by atoms with E-state index in [2.05, 4.69) is 10.6 Å². The van der Waals surface area contributed by atoms with Crippen LogP contribution < -0.4 is 10.6 Å². The molecule has 4 nitrogen and oxygen atoms in total. The summed E-state index contributed by atoms with van der Waals surface area (Å²) in [6, 6.07) is 0.340. The average molecular weight is 238 g/mol. The van der Waals surface area contributed by atoms with Crippen molar-refractivity contribution in [3.8, 4) is 0 Å². The van der Waals surface area contributed by atoms with Gasteiger partial charge in [-0.2, -0.15) is 0 Å². The SMILES string of the molecule is CC(CC1COCCN1)NCC(O)C(F)F. The molecule has 1 rings (SSSR count). The first kappa shape index (κ1) is 13.8. The fourth-order valence-corrected chi connectivity index (χ4v) is 1.69. The molecule has 0 saturated carbocycles. The smallest absolute Gasteiger partial charge is 0.265 e. The van der Waals surface area contributed by atoms with Crippen molar-refractivity contribution < 1.29 is 18.6 Å². The van der Waals surface area contributed by atoms with Gasteiger partial charge in [0.15, 0.2) is 0 Å². The fourth-order valence-electron chi connectivity index (χ4n) is 1.69. The minimum absolute atomic E-state index is 0.0765. The van der Waals surface area contributed by atoms with E-state index in [1.165, 1.54) is 0 Å². The Kier molecular flexibility index (Phi) is 6.12. The minimum Gasteiger partial charge on any atom is -0.386 e. The standard InChI is InChI=1S/C10H20F2N2O2/c1-7(14-5-9(15)10(11)12)4-8-6-16-3-2-13-8/h7-10,13-15H,2-6H2,1H3. The number of halogens is 2. The third kappa shape index (κ3) is 5.16. The van der Waals surface area contributed by atoms with E-state index in [9.17, 15) is 8.78 Å². The molecular weight excluding hydrogens is 218 g/mol. The van der Waals surface area contributed by atoms with E-state index in [4.69, 9.17) is 9.84 Å². The molecule has 1 aliphatic heterocycles. The lowest BCUT2D eigenvalue weighted by molar-refractivity contribution is -0.00502. The molecule has 1 fully saturated rings. The maximum atomic E-state index is 12.0. The largest absolute Gasteiger partial charge is 0.386 e. The molecule has 0 radical (unpaired) electrons. The zero-order valence-corrected chi connectivity index (χ0v) is 9.46. The van der Waals surface area contributed by atoms with E-state index in [1.807, 2.05) is 6.92 Å². The van der Waals surface area contributed by atoms with Gasteiger partial charge in [0, 0.05) is 25.2 Å². The second-order valence-corrected chi connectivity index (χ2v) is 4.17. The quantitative estimate of drug-likeness (QED) is 0.608. The Balaban J connectivity index is 2.12. The number of aliphatic hydroxyl groups is 1. The molecule has 0 aliphatic carbocycles. The molecule has 1 aliphatic rings. The molecule has 0 aromatic carbocycles. The summed E-state index contributed by atoms with van der Waals surface area (Å²) in [4.78, 5) is 0. The highest BCUT2D eigenvalue weighted by Gasteiger charge is 2.19. The second kappa shape index (κ2) is 7.11. The highest BCUT2D eigenvalue weighted by Crippen LogP contribution is 2.04. The van der Waals surface area contributed by atoms with Crippen molar-refractivity contribution in [2.24, 2.45) is 0 Å². The summed E-state index contributed by atoms with van der Waals surface area (Å²) in [5, 5.41) is 15.1. The van der Waals surface area contributed by atoms with Crippen molar-refractivity contribution in [2.75, 3.05) is 26.3 Å². The Hall–Kier alpha value is -0.300. The van der Waals surface area contributed by atoms with Gasteiger partial charge in [0.25, 0.3) is 6.43 Å². The molecule has 16 heavy (non-hydrogen) atoms. The van der Waals surface area contributed by atoms with Gasteiger partial charge < -0.3 is 20.5 Å². The summed E-state index contributed by atoms with van der Waals surface area (Å²) in [7, 11) is 0. The average Bonchev–Trinajstić information content (AvgIpc) is 2.27. The van der Waals surface area contributed by atoms with E-state index < -0.39 is 12.5 Å². The predicted octanol–water partition coefficient (Wildman–Crippen LogP) is -0.0310. The summed E-state index contributed by atoms with van der Waals surface area (Å²) in [5.41, 5.74) is 0. The van der Waals surface area contributed by atoms with E-state index in [0.717, 1.165) is 19.6 Å². The highest BCUT2D eigenvalue weighted by molar-refractivity contribution is 4.76. The zero-order chi connectivity index (χ0) is 12.0. The number of aliphatic hydroxyl groups excluding tert-OH is 1. The molecule has 3 unspecified atom stereocenters. The monoisotopic (exact) mass is 238 g/mol. The number of ether oxygens (including phenoxy) is 1. The van der Waals surface area contributed by atoms with Crippen LogP contribution in [-0.4, -0.2) is 56.0 Å². The summed E-state index contributed by atoms with van der Waals surface area (Å²) >= 11 is 0. The molecule has 0 aromatic rings. The maximum Gasteiger partial charge on any atom is 0.265 e. The fraction of sp³-hybridized carbons (Fsp3) is 1.00. The highest BCUT2D eigenvalue weighted by atomic mass is 19.3. The molecule has 0 amide bonds. The normalized spacial score (nSPS) is 25.7. The maximum absolute atomic E-state index is 12.0. The van der Waals surface area contributed by atoms with Crippen LogP contribution in [0.2, 0.25) is 0 Å². The Bertz CT molecular complexity index is 190. The first-order valence-corrected chi connectivity index (χ1v) is 5.60. The second-order valence-electron chi connectivity index (χ2n) is 4.17. The van der Waals surface area contributed by atoms with Crippen molar-refractivity contribution in [1.29, 1.82) is 0 Å². The van der Waals surface area contributed by atoms with Crippen LogP contribution >= 0.6 is 0 Å². The molecule has 0 aromatic heterocycles. The molecule has 3 N–H and O–H groups in total. The Morgan fingerprint density at radius 1 is 1.56 bits per heavy atom. The Morgan fingerprint density at radius 3 is 2.88 bits per heavy atom. The van der Waals surface area contributed by atoms with Crippen LogP contribution in [0.3, 0.4) is 0 Å². The Morgan fingerprint density at radius 2 is 2.31 bits per heavy atom. The van der Waals surface area contributed by atoms with Crippen LogP contribution in [0.25, 0.3) is 0 Å². The number of hydrogen-bond acceptors (Lipinski definition) is 4. The molecule has 0 spiro atoms. The third-order valence-electron chi connectivity index (χ3n) is 2.60. The van der Waals surface area contributed by atoms with Crippen LogP contribution in [0.4, 0.5) is 8.78 Å². The van der Waals surface area contributed by atoms with E-state index >= 15 is 0 Å². The molecule has 96 valence electrons. The van der Waals surface area contributed by atoms with Crippen LogP contribution in [0.5, 0.6) is 0 Å². The molecular formula is C10H20F2N2O2. The van der Waals surface area contributed by atoms with Crippen LogP contribution in [0.15, 0.2) is 0 Å². The van der Waals surface area contributed by atoms with Crippen molar-refractivity contribution in [3.63, 3.8) is 0 Å². The van der Waals surface area contributed by atoms with Gasteiger partial charge in [-0.1, -0.05) is 0 Å². The van der Waals surface area contributed by atoms with Gasteiger partial charge in [0.05, 0.1) is 13.2 Å². The predicted molar refractivity (Wildman–Crippen MR) is 56.7 cm³/mol. The summed E-state index contributed by atoms with van der Waals surface area (Å²) in [6.07, 6.45) is -3.47. The van der Waals surface area contributed by atoms with Crippen LogP contribution in [0, 0.1) is 0 Å². The summed E-state index contributed by atoms with van der Waals surface area (Å²) in [6.45, 7) is 4.05. The van der Waals surface area contributed by atoms with Gasteiger partial charge >= 0.3 is 0 Å². The number of rotatable bonds is 6. The Labute approximate surface area is 94.4 Å². The van der Waals surface area contributed by atoms with E-state index in [0.29, 0.717) is 6.61 Å². The number of hydrogen-bond donors (Lipinski definition) is 3. The van der Waals surface area contributed by atoms with Crippen molar-refractivity contribution >= 4 is 0 Å². The lowest BCUT2D eigenvalue weighted by Gasteiger charge is -2.27. The molecule has 3 atom stereocenters. The summed E-state index contributed by atoms with van der Waals surface area (Å²) < 4.78 is 29.3. The van der Waals surface area contributed by atoms with Gasteiger partial charge in [-0.25, -0.2) is 8.78 Å². The van der Waals surface area contributed by atoms with Crippen molar-refractivity contribution in [3.05, 3.63) is 0 Å². The molecule has 1 heterocycles. The van der Waals surface area contributed by atoms with Gasteiger partial charge in [0.1, 0.15) is 6.10 Å². The minimum atomic E-state index is -2.68. The molecule has 1 saturated heterocycles. The lowest BCUT2D eigenvalue weighted by Crippen LogP contribution is -2.46. The van der Waals surface area contributed by atoms with Gasteiger partial charge in [-0.15, -0.1) is 0 Å². The van der Waals surface area contributed by atoms with Crippen LogP contribution in [0.1, 0.15) is 13.3 Å². The molecule has 6 heteroatoms. The topological polar surface area (TPSA) is 53.5 Å². The number of nitrogens with one attached hydrogen (secondary N) is 2. The van der Waals surface area contributed by atoms with Crippen LogP contribution in [-0.2, 0) is 4.74 Å². The lowest BCUT2D eigenvalue weighted by atomic mass is 10.1.